The van der Waals surface area contributed by atoms with Crippen molar-refractivity contribution in [3.8, 4) is 0 Å². The van der Waals surface area contributed by atoms with Crippen molar-refractivity contribution in [3.63, 3.8) is 0 Å². The van der Waals surface area contributed by atoms with Crippen molar-refractivity contribution in [2.45, 2.75) is 16.9 Å². The van der Waals surface area contributed by atoms with Gasteiger partial charge >= 0.3 is 0 Å². The van der Waals surface area contributed by atoms with Gasteiger partial charge in [0.2, 0.25) is 5.91 Å². The highest BCUT2D eigenvalue weighted by atomic mass is 32.2. The lowest BCUT2D eigenvalue weighted by atomic mass is 10.2. The Hall–Kier alpha value is -1.15. The second-order valence-electron chi connectivity index (χ2n) is 4.82. The Kier molecular flexibility index (Phi) is 4.74. The first-order valence-corrected chi connectivity index (χ1v) is 8.85. The fourth-order valence-electron chi connectivity index (χ4n) is 2.24. The number of hydrogen-bond acceptors (Lipinski definition) is 6. The first kappa shape index (κ1) is 14.8. The normalized spacial score (nSPS) is 18.8. The van der Waals surface area contributed by atoms with Gasteiger partial charge in [-0.1, -0.05) is 11.8 Å². The quantitative estimate of drug-likeness (QED) is 0.846. The Bertz CT molecular complexity index is 638. The van der Waals surface area contributed by atoms with Gasteiger partial charge in [-0.25, -0.2) is 4.98 Å². The Labute approximate surface area is 131 Å². The molecular formula is C14H17N3O2S2. The molecule has 7 heteroatoms. The maximum atomic E-state index is 12.0. The Morgan fingerprint density at radius 1 is 1.62 bits per heavy atom. The van der Waals surface area contributed by atoms with Crippen molar-refractivity contribution in [2.75, 3.05) is 31.3 Å². The molecule has 1 saturated heterocycles. The van der Waals surface area contributed by atoms with Crippen LogP contribution in [0, 0.1) is 0 Å². The van der Waals surface area contributed by atoms with Crippen LogP contribution in [0.4, 0.5) is 5.69 Å². The summed E-state index contributed by atoms with van der Waals surface area (Å²) in [5.41, 5.74) is 1.79. The monoisotopic (exact) mass is 323 g/mol. The first-order chi connectivity index (χ1) is 10.2. The number of aromatic nitrogens is 1. The highest BCUT2D eigenvalue weighted by Gasteiger charge is 2.17. The molecule has 1 atom stereocenters. The molecule has 2 heterocycles. The molecule has 2 aromatic rings. The van der Waals surface area contributed by atoms with E-state index in [9.17, 15) is 4.79 Å². The van der Waals surface area contributed by atoms with Crippen LogP contribution in [0.15, 0.2) is 22.5 Å². The van der Waals surface area contributed by atoms with Gasteiger partial charge in [-0.15, -0.1) is 11.3 Å². The van der Waals surface area contributed by atoms with E-state index in [1.54, 1.807) is 23.1 Å². The third kappa shape index (κ3) is 3.74. The standard InChI is InChI=1S/C14H17N3O2S2/c1-20-14-17-11-3-2-9(6-12(11)21-14)16-13(18)7-10-8-15-4-5-19-10/h2-3,6,10,15H,4-5,7-8H2,1H3,(H,16,18). The molecule has 1 aliphatic rings. The zero-order chi connectivity index (χ0) is 14.7. The molecule has 1 unspecified atom stereocenters. The van der Waals surface area contributed by atoms with E-state index in [2.05, 4.69) is 15.6 Å². The number of morpholine rings is 1. The predicted molar refractivity (Wildman–Crippen MR) is 87.3 cm³/mol. The maximum absolute atomic E-state index is 12.0. The Balaban J connectivity index is 1.64. The van der Waals surface area contributed by atoms with Crippen LogP contribution < -0.4 is 10.6 Å². The number of fused-ring (bicyclic) bond motifs is 1. The van der Waals surface area contributed by atoms with Crippen molar-refractivity contribution >= 4 is 44.9 Å². The van der Waals surface area contributed by atoms with Gasteiger partial charge in [0.25, 0.3) is 0 Å². The van der Waals surface area contributed by atoms with Crippen molar-refractivity contribution in [2.24, 2.45) is 0 Å². The molecule has 3 rings (SSSR count). The molecule has 5 nitrogen and oxygen atoms in total. The maximum Gasteiger partial charge on any atom is 0.227 e. The molecule has 2 N–H and O–H groups in total. The lowest BCUT2D eigenvalue weighted by Gasteiger charge is -2.23. The van der Waals surface area contributed by atoms with Crippen molar-refractivity contribution < 1.29 is 9.53 Å². The summed E-state index contributed by atoms with van der Waals surface area (Å²) in [6, 6.07) is 5.81. The van der Waals surface area contributed by atoms with E-state index >= 15 is 0 Å². The third-order valence-electron chi connectivity index (χ3n) is 3.24. The summed E-state index contributed by atoms with van der Waals surface area (Å²) < 4.78 is 7.67. The molecule has 0 radical (unpaired) electrons. The smallest absolute Gasteiger partial charge is 0.227 e. The number of hydrogen-bond donors (Lipinski definition) is 2. The molecule has 1 aromatic heterocycles. The molecule has 21 heavy (non-hydrogen) atoms. The minimum atomic E-state index is -0.0334. The fraction of sp³-hybridized carbons (Fsp3) is 0.429. The summed E-state index contributed by atoms with van der Waals surface area (Å²) in [7, 11) is 0. The third-order valence-corrected chi connectivity index (χ3v) is 5.25. The summed E-state index contributed by atoms with van der Waals surface area (Å²) in [5.74, 6) is -0.0161. The van der Waals surface area contributed by atoms with Gasteiger partial charge in [-0.05, 0) is 24.5 Å². The highest BCUT2D eigenvalue weighted by molar-refractivity contribution is 8.00. The Morgan fingerprint density at radius 3 is 3.29 bits per heavy atom. The lowest BCUT2D eigenvalue weighted by molar-refractivity contribution is -0.119. The number of thiazole rings is 1. The molecule has 0 bridgehead atoms. The minimum Gasteiger partial charge on any atom is -0.375 e. The highest BCUT2D eigenvalue weighted by Crippen LogP contribution is 2.30. The van der Waals surface area contributed by atoms with E-state index in [1.165, 1.54) is 0 Å². The van der Waals surface area contributed by atoms with E-state index in [-0.39, 0.29) is 12.0 Å². The van der Waals surface area contributed by atoms with Crippen LogP contribution in [0.3, 0.4) is 0 Å². The van der Waals surface area contributed by atoms with Gasteiger partial charge in [-0.2, -0.15) is 0 Å². The fourth-order valence-corrected chi connectivity index (χ4v) is 3.77. The lowest BCUT2D eigenvalue weighted by Crippen LogP contribution is -2.40. The topological polar surface area (TPSA) is 63.2 Å². The number of carbonyl (C=O) groups is 1. The van der Waals surface area contributed by atoms with Crippen LogP contribution >= 0.6 is 23.1 Å². The summed E-state index contributed by atoms with van der Waals surface area (Å²) in [5, 5.41) is 6.16. The predicted octanol–water partition coefficient (Wildman–Crippen LogP) is 2.34. The number of carbonyl (C=O) groups excluding carboxylic acids is 1. The molecule has 0 aliphatic carbocycles. The molecule has 1 fully saturated rings. The van der Waals surface area contributed by atoms with Crippen LogP contribution in [-0.4, -0.2) is 42.9 Å². The molecule has 112 valence electrons. The summed E-state index contributed by atoms with van der Waals surface area (Å²) in [4.78, 5) is 16.5. The van der Waals surface area contributed by atoms with Crippen LogP contribution in [0.5, 0.6) is 0 Å². The van der Waals surface area contributed by atoms with Crippen LogP contribution in [0.1, 0.15) is 6.42 Å². The van der Waals surface area contributed by atoms with E-state index in [0.717, 1.165) is 33.3 Å². The molecule has 0 saturated carbocycles. The number of benzene rings is 1. The van der Waals surface area contributed by atoms with E-state index in [1.807, 2.05) is 24.5 Å². The number of amides is 1. The van der Waals surface area contributed by atoms with E-state index < -0.39 is 0 Å². The van der Waals surface area contributed by atoms with E-state index in [4.69, 9.17) is 4.74 Å². The van der Waals surface area contributed by atoms with Gasteiger partial charge in [-0.3, -0.25) is 4.79 Å². The second-order valence-corrected chi connectivity index (χ2v) is 6.90. The van der Waals surface area contributed by atoms with Gasteiger partial charge in [0.15, 0.2) is 4.34 Å². The molecular weight excluding hydrogens is 306 g/mol. The number of anilines is 1. The number of thioether (sulfide) groups is 1. The van der Waals surface area contributed by atoms with Crippen molar-refractivity contribution in [1.82, 2.24) is 10.3 Å². The molecule has 1 amide bonds. The van der Waals surface area contributed by atoms with Crippen LogP contribution in [0.25, 0.3) is 10.2 Å². The summed E-state index contributed by atoms with van der Waals surface area (Å²) in [6.07, 6.45) is 2.36. The number of ether oxygens (including phenoxy) is 1. The summed E-state index contributed by atoms with van der Waals surface area (Å²) >= 11 is 3.27. The molecule has 1 aromatic carbocycles. The molecule has 1 aliphatic heterocycles. The van der Waals surface area contributed by atoms with Gasteiger partial charge < -0.3 is 15.4 Å². The van der Waals surface area contributed by atoms with Gasteiger partial charge in [0, 0.05) is 18.8 Å². The zero-order valence-corrected chi connectivity index (χ0v) is 13.4. The largest absolute Gasteiger partial charge is 0.375 e. The number of nitrogens with one attached hydrogen (secondary N) is 2. The van der Waals surface area contributed by atoms with Crippen LogP contribution in [0.2, 0.25) is 0 Å². The number of nitrogens with zero attached hydrogens (tertiary/aromatic N) is 1. The zero-order valence-electron chi connectivity index (χ0n) is 11.7. The summed E-state index contributed by atoms with van der Waals surface area (Å²) in [6.45, 7) is 2.26. The van der Waals surface area contributed by atoms with Gasteiger partial charge in [0.1, 0.15) is 0 Å². The van der Waals surface area contributed by atoms with Crippen LogP contribution in [-0.2, 0) is 9.53 Å². The second kappa shape index (κ2) is 6.74. The first-order valence-electron chi connectivity index (χ1n) is 6.81. The minimum absolute atomic E-state index is 0.0161. The number of rotatable bonds is 4. The van der Waals surface area contributed by atoms with Crippen molar-refractivity contribution in [1.29, 1.82) is 0 Å². The average Bonchev–Trinajstić information content (AvgIpc) is 2.90. The van der Waals surface area contributed by atoms with E-state index in [0.29, 0.717) is 13.0 Å². The Morgan fingerprint density at radius 2 is 2.52 bits per heavy atom. The van der Waals surface area contributed by atoms with Gasteiger partial charge in [0.05, 0.1) is 29.3 Å². The van der Waals surface area contributed by atoms with Crippen molar-refractivity contribution in [3.05, 3.63) is 18.2 Å². The average molecular weight is 323 g/mol. The molecule has 0 spiro atoms. The SMILES string of the molecule is CSc1nc2ccc(NC(=O)CC3CNCCO3)cc2s1.